The van der Waals surface area contributed by atoms with E-state index in [0.29, 0.717) is 11.3 Å². The van der Waals surface area contributed by atoms with E-state index >= 15 is 0 Å². The second kappa shape index (κ2) is 10.3. The normalized spacial score (nSPS) is 14.3. The summed E-state index contributed by atoms with van der Waals surface area (Å²) < 4.78 is 82.4. The highest BCUT2D eigenvalue weighted by atomic mass is 32.1. The molecule has 0 aliphatic rings. The van der Waals surface area contributed by atoms with Gasteiger partial charge in [0.25, 0.3) is 0 Å². The van der Waals surface area contributed by atoms with Gasteiger partial charge in [0.2, 0.25) is 0 Å². The molecule has 0 N–H and O–H groups in total. The van der Waals surface area contributed by atoms with Crippen molar-refractivity contribution < 1.29 is 12.3 Å². The van der Waals surface area contributed by atoms with Crippen LogP contribution in [0.4, 0.5) is 17.1 Å². The first-order valence-corrected chi connectivity index (χ1v) is 14.4. The number of thiophene rings is 1. The van der Waals surface area contributed by atoms with Gasteiger partial charge in [-0.25, -0.2) is 0 Å². The Morgan fingerprint density at radius 2 is 1.14 bits per heavy atom. The van der Waals surface area contributed by atoms with Crippen LogP contribution >= 0.6 is 11.3 Å². The molecule has 0 bridgehead atoms. The van der Waals surface area contributed by atoms with Crippen molar-refractivity contribution in [2.75, 3.05) is 4.90 Å². The molecule has 0 unspecified atom stereocenters. The van der Waals surface area contributed by atoms with E-state index in [2.05, 4.69) is 24.3 Å². The number of hydrogen-bond donors (Lipinski definition) is 0. The maximum absolute atomic E-state index is 9.33. The van der Waals surface area contributed by atoms with Gasteiger partial charge in [0.1, 0.15) is 0 Å². The van der Waals surface area contributed by atoms with Gasteiger partial charge in [-0.2, -0.15) is 0 Å². The molecule has 1 aromatic heterocycles. The van der Waals surface area contributed by atoms with E-state index in [1.54, 1.807) is 41.7 Å². The molecule has 0 amide bonds. The zero-order valence-electron chi connectivity index (χ0n) is 31.2. The monoisotopic (exact) mass is 562 g/mol. The van der Waals surface area contributed by atoms with Gasteiger partial charge in [-0.05, 0) is 87.5 Å². The molecule has 0 saturated carbocycles. The summed E-state index contributed by atoms with van der Waals surface area (Å²) >= 11 is 1.70. The molecule has 8 aromatic rings. The standard InChI is InChI=1S/C40H27NS/c1-2-13-32(14-3-1)41(33-23-20-29(21-24-33)36-18-9-11-28-10-4-5-16-35(28)36)34-15-8-12-30(26-34)31-22-25-40-38(27-31)37-17-6-7-19-39(37)42-40/h1-27H/i1D,2D,3D,13D,14D,20D,21D,23D,24D. The van der Waals surface area contributed by atoms with Crippen LogP contribution in [0.5, 0.6) is 0 Å². The Hall–Kier alpha value is -5.18. The molecule has 0 atom stereocenters. The van der Waals surface area contributed by atoms with Gasteiger partial charge in [0, 0.05) is 37.2 Å². The first-order valence-electron chi connectivity index (χ1n) is 18.0. The van der Waals surface area contributed by atoms with Crippen molar-refractivity contribution in [3.8, 4) is 22.3 Å². The van der Waals surface area contributed by atoms with Gasteiger partial charge in [0.15, 0.2) is 0 Å². The molecule has 0 spiro atoms. The van der Waals surface area contributed by atoms with Crippen LogP contribution in [0.15, 0.2) is 164 Å². The van der Waals surface area contributed by atoms with Crippen LogP contribution in [0.2, 0.25) is 0 Å². The smallest absolute Gasteiger partial charge is 0.0645 e. The third-order valence-corrected chi connectivity index (χ3v) is 8.57. The third kappa shape index (κ3) is 4.34. The molecule has 0 aliphatic carbocycles. The number of para-hydroxylation sites is 1. The highest BCUT2D eigenvalue weighted by Crippen LogP contribution is 2.40. The molecule has 1 heterocycles. The maximum Gasteiger partial charge on any atom is 0.0645 e. The van der Waals surface area contributed by atoms with Gasteiger partial charge in [-0.15, -0.1) is 11.3 Å². The van der Waals surface area contributed by atoms with Crippen LogP contribution in [0.3, 0.4) is 0 Å². The first-order chi connectivity index (χ1) is 24.6. The van der Waals surface area contributed by atoms with Gasteiger partial charge < -0.3 is 4.90 Å². The fourth-order valence-corrected chi connectivity index (χ4v) is 6.54. The van der Waals surface area contributed by atoms with Crippen molar-refractivity contribution in [2.24, 2.45) is 0 Å². The predicted molar refractivity (Wildman–Crippen MR) is 182 cm³/mol. The van der Waals surface area contributed by atoms with Crippen LogP contribution < -0.4 is 4.90 Å². The lowest BCUT2D eigenvalue weighted by atomic mass is 9.98. The van der Waals surface area contributed by atoms with E-state index in [1.807, 2.05) is 54.6 Å². The molecule has 1 nitrogen and oxygen atoms in total. The predicted octanol–water partition coefficient (Wildman–Crippen LogP) is 12.0. The largest absolute Gasteiger partial charge is 0.310 e. The molecular weight excluding hydrogens is 527 g/mol. The van der Waals surface area contributed by atoms with Gasteiger partial charge in [-0.1, -0.05) is 109 Å². The number of nitrogens with zero attached hydrogens (tertiary/aromatic N) is 1. The number of anilines is 3. The molecule has 0 aliphatic heterocycles. The molecule has 42 heavy (non-hydrogen) atoms. The zero-order valence-corrected chi connectivity index (χ0v) is 23.1. The van der Waals surface area contributed by atoms with Gasteiger partial charge >= 0.3 is 0 Å². The van der Waals surface area contributed by atoms with E-state index in [9.17, 15) is 5.48 Å². The summed E-state index contributed by atoms with van der Waals surface area (Å²) in [4.78, 5) is 1.27. The Morgan fingerprint density at radius 1 is 0.452 bits per heavy atom. The summed E-state index contributed by atoms with van der Waals surface area (Å²) in [5, 5.41) is 3.86. The summed E-state index contributed by atoms with van der Waals surface area (Å²) in [6, 6.07) is 30.2. The lowest BCUT2D eigenvalue weighted by Crippen LogP contribution is -2.09. The topological polar surface area (TPSA) is 3.24 Å². The molecular formula is C40H27NS. The highest BCUT2D eigenvalue weighted by Gasteiger charge is 2.14. The molecule has 0 saturated heterocycles. The van der Waals surface area contributed by atoms with Crippen molar-refractivity contribution in [1.82, 2.24) is 0 Å². The van der Waals surface area contributed by atoms with Crippen LogP contribution in [0, 0.1) is 0 Å². The minimum atomic E-state index is -0.579. The summed E-state index contributed by atoms with van der Waals surface area (Å²) in [7, 11) is 0. The summed E-state index contributed by atoms with van der Waals surface area (Å²) in [5.41, 5.74) is 2.06. The maximum atomic E-state index is 9.33. The van der Waals surface area contributed by atoms with Crippen LogP contribution in [-0.4, -0.2) is 0 Å². The lowest BCUT2D eigenvalue weighted by molar-refractivity contribution is 1.28. The average Bonchev–Trinajstić information content (AvgIpc) is 3.53. The molecule has 0 fully saturated rings. The highest BCUT2D eigenvalue weighted by molar-refractivity contribution is 7.25. The van der Waals surface area contributed by atoms with E-state index in [4.69, 9.17) is 6.85 Å². The minimum Gasteiger partial charge on any atom is -0.310 e. The van der Waals surface area contributed by atoms with Crippen molar-refractivity contribution in [1.29, 1.82) is 0 Å². The first kappa shape index (κ1) is 16.9. The zero-order chi connectivity index (χ0) is 35.7. The van der Waals surface area contributed by atoms with E-state index in [1.165, 1.54) is 9.60 Å². The van der Waals surface area contributed by atoms with Crippen molar-refractivity contribution >= 4 is 59.3 Å². The molecule has 2 heteroatoms. The molecule has 0 radical (unpaired) electrons. The number of benzene rings is 7. The average molecular weight is 563 g/mol. The Morgan fingerprint density at radius 3 is 2.02 bits per heavy atom. The third-order valence-electron chi connectivity index (χ3n) is 7.42. The molecule has 7 aromatic carbocycles. The Labute approximate surface area is 262 Å². The SMILES string of the molecule is [2H]c1c([2H])c([2H])c(N(c2cccc(-c3ccc4sc5ccccc5c4c3)c2)c2c([2H])c([2H])c(-c3cccc4ccccc34)c([2H])c2[2H])c([2H])c1[2H]. The Balaban J connectivity index is 1.39. The van der Waals surface area contributed by atoms with Crippen molar-refractivity contribution in [2.45, 2.75) is 0 Å². The van der Waals surface area contributed by atoms with Crippen molar-refractivity contribution in [3.63, 3.8) is 0 Å². The van der Waals surface area contributed by atoms with Gasteiger partial charge in [-0.3, -0.25) is 0 Å². The number of fused-ring (bicyclic) bond motifs is 4. The summed E-state index contributed by atoms with van der Waals surface area (Å²) in [5.74, 6) is 0. The van der Waals surface area contributed by atoms with Gasteiger partial charge in [0.05, 0.1) is 12.3 Å². The van der Waals surface area contributed by atoms with E-state index < -0.39 is 42.3 Å². The molecule has 198 valence electrons. The Bertz CT molecular complexity index is 2660. The molecule has 8 rings (SSSR count). The van der Waals surface area contributed by atoms with Crippen LogP contribution in [0.1, 0.15) is 12.3 Å². The minimum absolute atomic E-state index is 0.108. The lowest BCUT2D eigenvalue weighted by Gasteiger charge is -2.26. The Kier molecular flexibility index (Phi) is 4.17. The summed E-state index contributed by atoms with van der Waals surface area (Å²) in [6.07, 6.45) is 0. The fourth-order valence-electron chi connectivity index (χ4n) is 5.45. The fraction of sp³-hybridized carbons (Fsp3) is 0. The van der Waals surface area contributed by atoms with Crippen LogP contribution in [0.25, 0.3) is 53.2 Å². The van der Waals surface area contributed by atoms with E-state index in [0.717, 1.165) is 37.4 Å². The second-order valence-corrected chi connectivity index (χ2v) is 11.0. The van der Waals surface area contributed by atoms with E-state index in [-0.39, 0.29) is 29.0 Å². The second-order valence-electron chi connectivity index (χ2n) is 9.92. The number of hydrogen-bond acceptors (Lipinski definition) is 2. The van der Waals surface area contributed by atoms with Crippen LogP contribution in [-0.2, 0) is 0 Å². The van der Waals surface area contributed by atoms with Crippen molar-refractivity contribution in [3.05, 3.63) is 164 Å². The summed E-state index contributed by atoms with van der Waals surface area (Å²) in [6.45, 7) is 0. The number of rotatable bonds is 5. The quantitative estimate of drug-likeness (QED) is 0.202.